The van der Waals surface area contributed by atoms with Gasteiger partial charge >= 0.3 is 5.97 Å². The van der Waals surface area contributed by atoms with E-state index >= 15 is 0 Å². The Morgan fingerprint density at radius 3 is 2.61 bits per heavy atom. The number of fused-ring (bicyclic) bond motifs is 1. The molecule has 3 aromatic rings. The number of aryl methyl sites for hydroxylation is 3. The lowest BCUT2D eigenvalue weighted by molar-refractivity contribution is 0.0525. The number of hydrogen-bond donors (Lipinski definition) is 1. The van der Waals surface area contributed by atoms with Crippen LogP contribution in [-0.4, -0.2) is 38.6 Å². The number of thioether (sulfide) groups is 1. The van der Waals surface area contributed by atoms with Crippen molar-refractivity contribution in [3.8, 4) is 0 Å². The van der Waals surface area contributed by atoms with E-state index in [0.29, 0.717) is 44.4 Å². The molecule has 0 aliphatic heterocycles. The second kappa shape index (κ2) is 9.23. The zero-order valence-electron chi connectivity index (χ0n) is 18.2. The number of carbonyl (C=O) groups excluding carboxylic acids is 2. The summed E-state index contributed by atoms with van der Waals surface area (Å²) in [5.74, 6) is -0.559. The van der Waals surface area contributed by atoms with Crippen molar-refractivity contribution in [1.82, 2.24) is 14.5 Å². The number of allylic oxidation sites excluding steroid dienone is 1. The summed E-state index contributed by atoms with van der Waals surface area (Å²) in [5.41, 5.74) is 2.73. The van der Waals surface area contributed by atoms with Crippen molar-refractivity contribution >= 4 is 45.1 Å². The summed E-state index contributed by atoms with van der Waals surface area (Å²) in [6.45, 7) is 13.4. The predicted octanol–water partition coefficient (Wildman–Crippen LogP) is 4.36. The van der Waals surface area contributed by atoms with Gasteiger partial charge in [0.15, 0.2) is 10.9 Å². The van der Waals surface area contributed by atoms with Crippen LogP contribution in [0.2, 0.25) is 0 Å². The van der Waals surface area contributed by atoms with Gasteiger partial charge in [0.1, 0.15) is 4.83 Å². The maximum Gasteiger partial charge on any atom is 0.340 e. The molecule has 0 saturated heterocycles. The molecule has 3 rings (SSSR count). The Labute approximate surface area is 188 Å². The van der Waals surface area contributed by atoms with Gasteiger partial charge in [-0.15, -0.1) is 17.9 Å². The van der Waals surface area contributed by atoms with E-state index in [-0.39, 0.29) is 23.7 Å². The molecular weight excluding hydrogens is 434 g/mol. The van der Waals surface area contributed by atoms with E-state index in [9.17, 15) is 14.4 Å². The van der Waals surface area contributed by atoms with E-state index in [1.807, 2.05) is 13.8 Å². The number of hydrogen-bond acceptors (Lipinski definition) is 7. The number of nitrogens with one attached hydrogen (secondary N) is 1. The minimum atomic E-state index is -0.448. The van der Waals surface area contributed by atoms with Crippen molar-refractivity contribution < 1.29 is 14.3 Å². The summed E-state index contributed by atoms with van der Waals surface area (Å²) in [5, 5.41) is 1.09. The number of ketones is 1. The van der Waals surface area contributed by atoms with Gasteiger partial charge in [0, 0.05) is 17.1 Å². The molecule has 0 radical (unpaired) electrons. The van der Waals surface area contributed by atoms with E-state index in [0.717, 1.165) is 10.4 Å². The van der Waals surface area contributed by atoms with Crippen LogP contribution in [-0.2, 0) is 11.3 Å². The third kappa shape index (κ3) is 4.24. The zero-order valence-corrected chi connectivity index (χ0v) is 19.9. The predicted molar refractivity (Wildman–Crippen MR) is 125 cm³/mol. The highest BCUT2D eigenvalue weighted by molar-refractivity contribution is 7.99. The Kier molecular flexibility index (Phi) is 6.86. The number of carbonyl (C=O) groups is 2. The molecule has 0 bridgehead atoms. The highest BCUT2D eigenvalue weighted by Gasteiger charge is 2.24. The van der Waals surface area contributed by atoms with Crippen LogP contribution in [0, 0.1) is 27.7 Å². The molecule has 0 spiro atoms. The molecule has 3 aromatic heterocycles. The van der Waals surface area contributed by atoms with E-state index in [1.54, 1.807) is 31.4 Å². The first-order valence-electron chi connectivity index (χ1n) is 9.84. The molecule has 3 heterocycles. The van der Waals surface area contributed by atoms with Gasteiger partial charge in [-0.25, -0.2) is 9.78 Å². The molecule has 0 atom stereocenters. The average molecular weight is 460 g/mol. The minimum Gasteiger partial charge on any atom is -0.462 e. The van der Waals surface area contributed by atoms with Crippen LogP contribution in [0.3, 0.4) is 0 Å². The highest BCUT2D eigenvalue weighted by atomic mass is 32.2. The Morgan fingerprint density at radius 1 is 1.26 bits per heavy atom. The van der Waals surface area contributed by atoms with Crippen molar-refractivity contribution in [2.24, 2.45) is 0 Å². The number of Topliss-reactive ketones (excluding diaryl/α,β-unsaturated/α-hetero) is 1. The SMILES string of the molecule is C=CCn1c(SCC(=O)c2[nH]c(C)c(C(=O)OCC)c2C)nc2sc(C)c(C)c2c1=O. The van der Waals surface area contributed by atoms with Crippen LogP contribution in [0.25, 0.3) is 10.2 Å². The number of H-pyrrole nitrogens is 1. The lowest BCUT2D eigenvalue weighted by Crippen LogP contribution is -2.23. The van der Waals surface area contributed by atoms with Gasteiger partial charge in [-0.1, -0.05) is 17.8 Å². The summed E-state index contributed by atoms with van der Waals surface area (Å²) in [6.07, 6.45) is 1.64. The molecule has 0 saturated carbocycles. The lowest BCUT2D eigenvalue weighted by atomic mass is 10.1. The summed E-state index contributed by atoms with van der Waals surface area (Å²) >= 11 is 2.68. The Bertz CT molecular complexity index is 1250. The first kappa shape index (κ1) is 23.0. The van der Waals surface area contributed by atoms with Crippen molar-refractivity contribution in [1.29, 1.82) is 0 Å². The fraction of sp³-hybridized carbons (Fsp3) is 0.364. The number of ether oxygens (including phenoxy) is 1. The quantitative estimate of drug-likeness (QED) is 0.177. The molecule has 0 aromatic carbocycles. The monoisotopic (exact) mass is 459 g/mol. The van der Waals surface area contributed by atoms with Gasteiger partial charge < -0.3 is 9.72 Å². The largest absolute Gasteiger partial charge is 0.462 e. The minimum absolute atomic E-state index is 0.0709. The molecule has 7 nitrogen and oxygen atoms in total. The average Bonchev–Trinajstić information content (AvgIpc) is 3.17. The van der Waals surface area contributed by atoms with Crippen LogP contribution in [0.15, 0.2) is 22.6 Å². The van der Waals surface area contributed by atoms with Crippen molar-refractivity contribution in [3.05, 3.63) is 56.0 Å². The second-order valence-corrected chi connectivity index (χ2v) is 9.27. The van der Waals surface area contributed by atoms with Gasteiger partial charge in [0.25, 0.3) is 5.56 Å². The molecule has 0 unspecified atom stereocenters. The molecule has 0 aliphatic carbocycles. The second-order valence-electron chi connectivity index (χ2n) is 7.12. The summed E-state index contributed by atoms with van der Waals surface area (Å²) < 4.78 is 6.63. The fourth-order valence-electron chi connectivity index (χ4n) is 3.45. The van der Waals surface area contributed by atoms with Gasteiger partial charge in [-0.3, -0.25) is 14.2 Å². The van der Waals surface area contributed by atoms with Crippen molar-refractivity contribution in [2.45, 2.75) is 46.3 Å². The van der Waals surface area contributed by atoms with Crippen LogP contribution in [0.4, 0.5) is 0 Å². The Hall–Kier alpha value is -2.65. The molecule has 1 N–H and O–H groups in total. The van der Waals surface area contributed by atoms with E-state index < -0.39 is 5.97 Å². The number of aromatic nitrogens is 3. The highest BCUT2D eigenvalue weighted by Crippen LogP contribution is 2.29. The standard InChI is InChI=1S/C22H25N3O4S2/c1-7-9-25-20(27)17-11(3)14(6)31-19(17)24-22(25)30-10-15(26)18-12(4)16(13(5)23-18)21(28)29-8-2/h7,23H,1,8-10H2,2-6H3. The van der Waals surface area contributed by atoms with E-state index in [2.05, 4.69) is 16.5 Å². The van der Waals surface area contributed by atoms with Crippen molar-refractivity contribution in [3.63, 3.8) is 0 Å². The van der Waals surface area contributed by atoms with Gasteiger partial charge in [0.2, 0.25) is 0 Å². The first-order valence-corrected chi connectivity index (χ1v) is 11.6. The molecule has 0 amide bonds. The molecule has 0 aliphatic rings. The maximum atomic E-state index is 13.1. The third-order valence-electron chi connectivity index (χ3n) is 5.09. The van der Waals surface area contributed by atoms with Crippen LogP contribution < -0.4 is 5.56 Å². The molecule has 31 heavy (non-hydrogen) atoms. The van der Waals surface area contributed by atoms with E-state index in [1.165, 1.54) is 23.1 Å². The topological polar surface area (TPSA) is 94.1 Å². The molecule has 164 valence electrons. The summed E-state index contributed by atoms with van der Waals surface area (Å²) in [4.78, 5) is 47.6. The Morgan fingerprint density at radius 2 is 1.97 bits per heavy atom. The number of thiophene rings is 1. The molecule has 9 heteroatoms. The smallest absolute Gasteiger partial charge is 0.340 e. The third-order valence-corrected chi connectivity index (χ3v) is 7.17. The number of rotatable bonds is 8. The summed E-state index contributed by atoms with van der Waals surface area (Å²) in [7, 11) is 0. The van der Waals surface area contributed by atoms with Gasteiger partial charge in [-0.2, -0.15) is 0 Å². The molecule has 0 fully saturated rings. The maximum absolute atomic E-state index is 13.1. The normalized spacial score (nSPS) is 11.1. The van der Waals surface area contributed by atoms with Crippen LogP contribution in [0.1, 0.15) is 49.5 Å². The van der Waals surface area contributed by atoms with Gasteiger partial charge in [-0.05, 0) is 45.7 Å². The number of aromatic amines is 1. The van der Waals surface area contributed by atoms with Crippen molar-refractivity contribution in [2.75, 3.05) is 12.4 Å². The zero-order chi connectivity index (χ0) is 22.9. The van der Waals surface area contributed by atoms with Crippen LogP contribution in [0.5, 0.6) is 0 Å². The van der Waals surface area contributed by atoms with Crippen LogP contribution >= 0.6 is 23.1 Å². The fourth-order valence-corrected chi connectivity index (χ4v) is 5.40. The number of esters is 1. The van der Waals surface area contributed by atoms with E-state index in [4.69, 9.17) is 4.74 Å². The molecular formula is C22H25N3O4S2. The summed E-state index contributed by atoms with van der Waals surface area (Å²) in [6, 6.07) is 0. The van der Waals surface area contributed by atoms with Gasteiger partial charge in [0.05, 0.1) is 29.0 Å². The number of nitrogens with zero attached hydrogens (tertiary/aromatic N) is 2. The Balaban J connectivity index is 1.92. The lowest BCUT2D eigenvalue weighted by Gasteiger charge is -2.10. The first-order chi connectivity index (χ1) is 14.7.